The van der Waals surface area contributed by atoms with Gasteiger partial charge >= 0.3 is 0 Å². The van der Waals surface area contributed by atoms with Gasteiger partial charge in [-0.25, -0.2) is 4.98 Å². The Labute approximate surface area is 158 Å². The monoisotopic (exact) mass is 391 g/mol. The summed E-state index contributed by atoms with van der Waals surface area (Å²) in [6.07, 6.45) is 5.77. The zero-order chi connectivity index (χ0) is 19.0. The van der Waals surface area contributed by atoms with Crippen molar-refractivity contribution in [2.75, 3.05) is 11.9 Å². The van der Waals surface area contributed by atoms with E-state index in [1.807, 2.05) is 0 Å². The van der Waals surface area contributed by atoms with E-state index in [9.17, 15) is 9.18 Å². The lowest BCUT2D eigenvalue weighted by Gasteiger charge is -2.19. The first-order valence-electron chi connectivity index (χ1n) is 8.47. The van der Waals surface area contributed by atoms with Crippen molar-refractivity contribution in [1.82, 2.24) is 29.5 Å². The Kier molecular flexibility index (Phi) is 4.70. The zero-order valence-corrected chi connectivity index (χ0v) is 15.6. The number of nitrogens with zero attached hydrogens (tertiary/aromatic N) is 6. The summed E-state index contributed by atoms with van der Waals surface area (Å²) in [4.78, 5) is 21.7. The van der Waals surface area contributed by atoms with Crippen molar-refractivity contribution in [2.45, 2.75) is 39.0 Å². The van der Waals surface area contributed by atoms with Crippen LogP contribution in [-0.4, -0.2) is 54.1 Å². The molecule has 0 saturated carbocycles. The third-order valence-electron chi connectivity index (χ3n) is 4.38. The number of amides is 1. The molecule has 0 radical (unpaired) electrons. The smallest absolute Gasteiger partial charge is 0.254 e. The first-order chi connectivity index (χ1) is 13.0. The highest BCUT2D eigenvalue weighted by molar-refractivity contribution is 7.15. The van der Waals surface area contributed by atoms with E-state index in [0.717, 1.165) is 17.8 Å². The molecule has 1 fully saturated rings. The summed E-state index contributed by atoms with van der Waals surface area (Å²) in [5, 5.41) is 10.5. The van der Waals surface area contributed by atoms with Crippen LogP contribution in [0.3, 0.4) is 0 Å². The van der Waals surface area contributed by atoms with Crippen LogP contribution in [0.4, 0.5) is 9.52 Å². The Morgan fingerprint density at radius 3 is 3.19 bits per heavy atom. The van der Waals surface area contributed by atoms with Gasteiger partial charge in [-0.3, -0.25) is 14.1 Å². The van der Waals surface area contributed by atoms with Gasteiger partial charge in [-0.05, 0) is 6.92 Å². The predicted molar refractivity (Wildman–Crippen MR) is 96.1 cm³/mol. The molecule has 27 heavy (non-hydrogen) atoms. The van der Waals surface area contributed by atoms with Crippen molar-refractivity contribution in [1.29, 1.82) is 0 Å². The maximum absolute atomic E-state index is 14.1. The number of nitrogens with one attached hydrogen (secondary N) is 1. The molecule has 2 atom stereocenters. The number of hydrogen-bond acceptors (Lipinski definition) is 8. The molecule has 4 rings (SSSR count). The highest BCUT2D eigenvalue weighted by Gasteiger charge is 2.31. The third kappa shape index (κ3) is 3.88. The van der Waals surface area contributed by atoms with Crippen LogP contribution < -0.4 is 10.1 Å². The standard InChI is InChI=1S/C16H18FN7O2S/c1-9-3-11(26-12-4-18-15-22-19-8-24(15)6-12)5-23(9)7-13-14(17)21-16(27-13)20-10(2)25/h4,6,8-9,11H,3,5,7H2,1-2H3,(H,20,21,25)/t9-,11+/m0/s1. The van der Waals surface area contributed by atoms with Crippen molar-refractivity contribution >= 4 is 28.2 Å². The molecule has 1 aliphatic rings. The summed E-state index contributed by atoms with van der Waals surface area (Å²) in [6.45, 7) is 4.54. The molecule has 0 unspecified atom stereocenters. The van der Waals surface area contributed by atoms with E-state index in [2.05, 4.69) is 37.3 Å². The minimum absolute atomic E-state index is 0.0264. The molecular formula is C16H18FN7O2S. The highest BCUT2D eigenvalue weighted by atomic mass is 32.1. The summed E-state index contributed by atoms with van der Waals surface area (Å²) < 4.78 is 21.8. The van der Waals surface area contributed by atoms with E-state index >= 15 is 0 Å². The SMILES string of the molecule is CC(=O)Nc1nc(F)c(CN2C[C@H](Oc3cnc4nncn4c3)C[C@@H]2C)s1. The van der Waals surface area contributed by atoms with Crippen molar-refractivity contribution < 1.29 is 13.9 Å². The van der Waals surface area contributed by atoms with Gasteiger partial charge in [0, 0.05) is 32.5 Å². The van der Waals surface area contributed by atoms with Crippen LogP contribution in [-0.2, 0) is 11.3 Å². The Balaban J connectivity index is 1.40. The molecular weight excluding hydrogens is 373 g/mol. The number of thiazole rings is 1. The van der Waals surface area contributed by atoms with Gasteiger partial charge in [-0.1, -0.05) is 11.3 Å². The van der Waals surface area contributed by atoms with E-state index in [1.165, 1.54) is 6.92 Å². The summed E-state index contributed by atoms with van der Waals surface area (Å²) in [5.74, 6) is 0.345. The Morgan fingerprint density at radius 2 is 2.37 bits per heavy atom. The molecule has 1 amide bonds. The number of carbonyl (C=O) groups is 1. The Hall–Kier alpha value is -2.66. The Morgan fingerprint density at radius 1 is 1.52 bits per heavy atom. The lowest BCUT2D eigenvalue weighted by atomic mass is 10.2. The first kappa shape index (κ1) is 17.7. The minimum Gasteiger partial charge on any atom is -0.486 e. The number of fused-ring (bicyclic) bond motifs is 1. The molecule has 142 valence electrons. The van der Waals surface area contributed by atoms with E-state index in [-0.39, 0.29) is 23.2 Å². The van der Waals surface area contributed by atoms with Gasteiger partial charge in [0.15, 0.2) is 10.9 Å². The molecule has 0 bridgehead atoms. The number of hydrogen-bond donors (Lipinski definition) is 1. The van der Waals surface area contributed by atoms with E-state index in [0.29, 0.717) is 29.5 Å². The van der Waals surface area contributed by atoms with Gasteiger partial charge in [-0.15, -0.1) is 10.2 Å². The van der Waals surface area contributed by atoms with Gasteiger partial charge in [-0.2, -0.15) is 9.37 Å². The first-order valence-corrected chi connectivity index (χ1v) is 9.28. The van der Waals surface area contributed by atoms with Crippen molar-refractivity contribution in [2.24, 2.45) is 0 Å². The highest BCUT2D eigenvalue weighted by Crippen LogP contribution is 2.28. The molecule has 0 aromatic carbocycles. The van der Waals surface area contributed by atoms with Crippen molar-refractivity contribution in [3.8, 4) is 5.75 Å². The van der Waals surface area contributed by atoms with Gasteiger partial charge in [0.2, 0.25) is 11.9 Å². The minimum atomic E-state index is -0.539. The molecule has 3 aromatic heterocycles. The van der Waals surface area contributed by atoms with Crippen LogP contribution >= 0.6 is 11.3 Å². The average molecular weight is 391 g/mol. The zero-order valence-electron chi connectivity index (χ0n) is 14.8. The van der Waals surface area contributed by atoms with Crippen LogP contribution in [0.15, 0.2) is 18.7 Å². The number of ether oxygens (including phenoxy) is 1. The molecule has 3 aromatic rings. The molecule has 11 heteroatoms. The molecule has 0 aliphatic carbocycles. The van der Waals surface area contributed by atoms with Crippen LogP contribution in [0.1, 0.15) is 25.1 Å². The lowest BCUT2D eigenvalue weighted by Crippen LogP contribution is -2.28. The molecule has 1 saturated heterocycles. The number of rotatable bonds is 5. The van der Waals surface area contributed by atoms with Crippen LogP contribution in [0.2, 0.25) is 0 Å². The van der Waals surface area contributed by atoms with Gasteiger partial charge in [0.05, 0.1) is 17.3 Å². The second kappa shape index (κ2) is 7.16. The quantitative estimate of drug-likeness (QED) is 0.707. The van der Waals surface area contributed by atoms with Crippen LogP contribution in [0, 0.1) is 5.95 Å². The lowest BCUT2D eigenvalue weighted by molar-refractivity contribution is -0.114. The fourth-order valence-corrected chi connectivity index (χ4v) is 4.05. The number of halogens is 1. The van der Waals surface area contributed by atoms with E-state index < -0.39 is 5.95 Å². The maximum atomic E-state index is 14.1. The number of aromatic nitrogens is 5. The summed E-state index contributed by atoms with van der Waals surface area (Å²) in [7, 11) is 0. The average Bonchev–Trinajstić information content (AvgIpc) is 3.28. The van der Waals surface area contributed by atoms with Gasteiger partial charge < -0.3 is 10.1 Å². The maximum Gasteiger partial charge on any atom is 0.254 e. The normalized spacial score (nSPS) is 20.3. The number of carbonyl (C=O) groups excluding carboxylic acids is 1. The molecule has 1 aliphatic heterocycles. The molecule has 4 heterocycles. The molecule has 9 nitrogen and oxygen atoms in total. The third-order valence-corrected chi connectivity index (χ3v) is 5.31. The van der Waals surface area contributed by atoms with E-state index in [1.54, 1.807) is 23.1 Å². The summed E-state index contributed by atoms with van der Waals surface area (Å²) >= 11 is 1.16. The van der Waals surface area contributed by atoms with Gasteiger partial charge in [0.1, 0.15) is 12.4 Å². The van der Waals surface area contributed by atoms with Crippen molar-refractivity contribution in [3.05, 3.63) is 29.5 Å². The molecule has 0 spiro atoms. The summed E-state index contributed by atoms with van der Waals surface area (Å²) in [6, 6.07) is 0.229. The Bertz CT molecular complexity index is 975. The van der Waals surface area contributed by atoms with Gasteiger partial charge in [0.25, 0.3) is 5.78 Å². The fraction of sp³-hybridized carbons (Fsp3) is 0.438. The topological polar surface area (TPSA) is 97.5 Å². The van der Waals surface area contributed by atoms with Crippen LogP contribution in [0.5, 0.6) is 5.75 Å². The second-order valence-electron chi connectivity index (χ2n) is 6.50. The van der Waals surface area contributed by atoms with Crippen LogP contribution in [0.25, 0.3) is 5.78 Å². The number of likely N-dealkylation sites (tertiary alicyclic amines) is 1. The predicted octanol–water partition coefficient (Wildman–Crippen LogP) is 1.72. The second-order valence-corrected chi connectivity index (χ2v) is 7.58. The van der Waals surface area contributed by atoms with E-state index in [4.69, 9.17) is 4.74 Å². The molecule has 1 N–H and O–H groups in total. The largest absolute Gasteiger partial charge is 0.486 e. The fourth-order valence-electron chi connectivity index (χ4n) is 3.14. The summed E-state index contributed by atoms with van der Waals surface area (Å²) in [5.41, 5.74) is 0. The van der Waals surface area contributed by atoms with Crippen molar-refractivity contribution in [3.63, 3.8) is 0 Å². The number of anilines is 1.